The van der Waals surface area contributed by atoms with Gasteiger partial charge in [-0.15, -0.1) is 0 Å². The fraction of sp³-hybridized carbons (Fsp3) is 0.273. The number of guanidine groups is 1. The molecule has 152 valence electrons. The van der Waals surface area contributed by atoms with Crippen LogP contribution in [-0.2, 0) is 6.54 Å². The van der Waals surface area contributed by atoms with Gasteiger partial charge in [-0.25, -0.2) is 14.4 Å². The Balaban J connectivity index is 1.60. The van der Waals surface area contributed by atoms with Crippen LogP contribution < -0.4 is 10.6 Å². The first-order chi connectivity index (χ1) is 14.0. The zero-order chi connectivity index (χ0) is 20.6. The molecule has 29 heavy (non-hydrogen) atoms. The maximum absolute atomic E-state index is 13.0. The Bertz CT molecular complexity index is 936. The number of aromatic nitrogens is 1. The van der Waals surface area contributed by atoms with E-state index < -0.39 is 6.10 Å². The third-order valence-electron chi connectivity index (χ3n) is 4.31. The first-order valence-corrected chi connectivity index (χ1v) is 9.52. The fourth-order valence-electron chi connectivity index (χ4n) is 2.71. The molecule has 1 heterocycles. The summed E-state index contributed by atoms with van der Waals surface area (Å²) in [4.78, 5) is 8.96. The molecule has 7 heteroatoms. The molecule has 3 aromatic rings. The molecular formula is C22H25FN4O2. The van der Waals surface area contributed by atoms with E-state index in [1.54, 1.807) is 18.4 Å². The molecule has 0 fully saturated rings. The number of rotatable bonds is 7. The lowest BCUT2D eigenvalue weighted by Crippen LogP contribution is -2.39. The number of aliphatic hydroxyl groups is 1. The molecule has 0 saturated carbocycles. The summed E-state index contributed by atoms with van der Waals surface area (Å²) in [6.07, 6.45) is 0.815. The van der Waals surface area contributed by atoms with Crippen LogP contribution in [0.3, 0.4) is 0 Å². The third-order valence-corrected chi connectivity index (χ3v) is 4.31. The number of nitrogens with zero attached hydrogens (tertiary/aromatic N) is 2. The average Bonchev–Trinajstić information content (AvgIpc) is 3.20. The summed E-state index contributed by atoms with van der Waals surface area (Å²) in [6, 6.07) is 13.7. The molecule has 0 aliphatic carbocycles. The molecule has 3 rings (SSSR count). The normalized spacial score (nSPS) is 12.6. The van der Waals surface area contributed by atoms with Crippen LogP contribution >= 0.6 is 0 Å². The Hall–Kier alpha value is -3.19. The highest BCUT2D eigenvalue weighted by Crippen LogP contribution is 2.19. The number of benzene rings is 2. The quantitative estimate of drug-likeness (QED) is 0.420. The molecule has 0 bridgehead atoms. The van der Waals surface area contributed by atoms with Crippen LogP contribution in [-0.4, -0.2) is 29.1 Å². The van der Waals surface area contributed by atoms with Crippen molar-refractivity contribution in [2.45, 2.75) is 26.5 Å². The fourth-order valence-corrected chi connectivity index (χ4v) is 2.71. The van der Waals surface area contributed by atoms with Crippen molar-refractivity contribution in [2.24, 2.45) is 4.99 Å². The summed E-state index contributed by atoms with van der Waals surface area (Å²) in [5, 5.41) is 16.5. The number of aliphatic hydroxyl groups excluding tert-OH is 1. The maximum Gasteiger partial charge on any atom is 0.226 e. The molecule has 3 N–H and O–H groups in total. The van der Waals surface area contributed by atoms with E-state index in [2.05, 4.69) is 20.6 Å². The van der Waals surface area contributed by atoms with Crippen molar-refractivity contribution in [1.29, 1.82) is 0 Å². The zero-order valence-electron chi connectivity index (χ0n) is 16.5. The van der Waals surface area contributed by atoms with Gasteiger partial charge in [0.1, 0.15) is 17.8 Å². The number of nitrogens with one attached hydrogen (secondary N) is 2. The summed E-state index contributed by atoms with van der Waals surface area (Å²) in [5.41, 5.74) is 3.43. The van der Waals surface area contributed by atoms with Gasteiger partial charge in [-0.1, -0.05) is 29.8 Å². The van der Waals surface area contributed by atoms with Crippen molar-refractivity contribution in [1.82, 2.24) is 15.6 Å². The molecule has 0 radical (unpaired) electrons. The molecule has 0 aliphatic heterocycles. The van der Waals surface area contributed by atoms with Gasteiger partial charge in [-0.2, -0.15) is 0 Å². The molecule has 1 atom stereocenters. The van der Waals surface area contributed by atoms with Crippen LogP contribution in [0.4, 0.5) is 4.39 Å². The number of halogens is 1. The van der Waals surface area contributed by atoms with E-state index >= 15 is 0 Å². The summed E-state index contributed by atoms with van der Waals surface area (Å²) < 4.78 is 18.6. The van der Waals surface area contributed by atoms with E-state index in [-0.39, 0.29) is 12.4 Å². The molecule has 0 aliphatic rings. The first-order valence-electron chi connectivity index (χ1n) is 9.52. The van der Waals surface area contributed by atoms with Crippen molar-refractivity contribution < 1.29 is 13.9 Å². The Kier molecular flexibility index (Phi) is 6.97. The molecule has 0 amide bonds. The van der Waals surface area contributed by atoms with Gasteiger partial charge in [0.25, 0.3) is 0 Å². The molecular weight excluding hydrogens is 371 g/mol. The Morgan fingerprint density at radius 3 is 2.55 bits per heavy atom. The van der Waals surface area contributed by atoms with Gasteiger partial charge >= 0.3 is 0 Å². The average molecular weight is 396 g/mol. The van der Waals surface area contributed by atoms with E-state index in [0.29, 0.717) is 36.2 Å². The van der Waals surface area contributed by atoms with Crippen LogP contribution in [0.1, 0.15) is 29.8 Å². The lowest BCUT2D eigenvalue weighted by atomic mass is 10.1. The minimum Gasteiger partial charge on any atom is -0.444 e. The number of aryl methyl sites for hydroxylation is 1. The van der Waals surface area contributed by atoms with Crippen LogP contribution in [0, 0.1) is 12.7 Å². The summed E-state index contributed by atoms with van der Waals surface area (Å²) in [6.45, 7) is 5.23. The largest absolute Gasteiger partial charge is 0.444 e. The van der Waals surface area contributed by atoms with Gasteiger partial charge in [0.05, 0.1) is 12.6 Å². The Morgan fingerprint density at radius 2 is 1.86 bits per heavy atom. The predicted octanol–water partition coefficient (Wildman–Crippen LogP) is 3.58. The standard InChI is InChI=1S/C22H25FN4O2/c1-3-24-22(26-13-20(28)16-8-10-18(23)11-9-16)25-12-19-14-29-21(27-19)17-6-4-15(2)5-7-17/h4-11,14,20,28H,3,12-13H2,1-2H3,(H2,24,25,26). The van der Waals surface area contributed by atoms with Gasteiger partial charge in [0.2, 0.25) is 5.89 Å². The molecule has 0 spiro atoms. The van der Waals surface area contributed by atoms with Crippen molar-refractivity contribution >= 4 is 5.96 Å². The first kappa shape index (κ1) is 20.5. The number of hydrogen-bond acceptors (Lipinski definition) is 4. The second-order valence-corrected chi connectivity index (χ2v) is 6.65. The van der Waals surface area contributed by atoms with Crippen molar-refractivity contribution in [3.05, 3.63) is 77.4 Å². The predicted molar refractivity (Wildman–Crippen MR) is 111 cm³/mol. The second kappa shape index (κ2) is 9.84. The Labute approximate surface area is 169 Å². The minimum absolute atomic E-state index is 0.241. The molecule has 0 saturated heterocycles. The summed E-state index contributed by atoms with van der Waals surface area (Å²) in [5.74, 6) is 0.773. The molecule has 1 unspecified atom stereocenters. The number of oxazole rings is 1. The topological polar surface area (TPSA) is 82.7 Å². The van der Waals surface area contributed by atoms with Gasteiger partial charge in [-0.05, 0) is 43.7 Å². The van der Waals surface area contributed by atoms with E-state index in [0.717, 1.165) is 5.56 Å². The van der Waals surface area contributed by atoms with Crippen molar-refractivity contribution in [3.8, 4) is 11.5 Å². The van der Waals surface area contributed by atoms with E-state index in [9.17, 15) is 9.50 Å². The molecule has 2 aromatic carbocycles. The monoisotopic (exact) mass is 396 g/mol. The van der Waals surface area contributed by atoms with E-state index in [1.807, 2.05) is 38.1 Å². The summed E-state index contributed by atoms with van der Waals surface area (Å²) in [7, 11) is 0. The van der Waals surface area contributed by atoms with Crippen LogP contribution in [0.15, 0.2) is 64.2 Å². The van der Waals surface area contributed by atoms with Crippen molar-refractivity contribution in [2.75, 3.05) is 13.1 Å². The maximum atomic E-state index is 13.0. The minimum atomic E-state index is -0.778. The van der Waals surface area contributed by atoms with E-state index in [1.165, 1.54) is 17.7 Å². The van der Waals surface area contributed by atoms with Crippen molar-refractivity contribution in [3.63, 3.8) is 0 Å². The lowest BCUT2D eigenvalue weighted by Gasteiger charge is -2.15. The lowest BCUT2D eigenvalue weighted by molar-refractivity contribution is 0.180. The van der Waals surface area contributed by atoms with Gasteiger partial charge in [0, 0.05) is 18.7 Å². The van der Waals surface area contributed by atoms with E-state index in [4.69, 9.17) is 4.42 Å². The second-order valence-electron chi connectivity index (χ2n) is 6.65. The zero-order valence-corrected chi connectivity index (χ0v) is 16.5. The van der Waals surface area contributed by atoms with Gasteiger partial charge < -0.3 is 20.2 Å². The Morgan fingerprint density at radius 1 is 1.14 bits per heavy atom. The highest BCUT2D eigenvalue weighted by molar-refractivity contribution is 5.79. The SMILES string of the molecule is CCNC(=NCc1coc(-c2ccc(C)cc2)n1)NCC(O)c1ccc(F)cc1. The number of hydrogen-bond donors (Lipinski definition) is 3. The molecule has 1 aromatic heterocycles. The van der Waals surface area contributed by atoms with Gasteiger partial charge in [-0.3, -0.25) is 0 Å². The van der Waals surface area contributed by atoms with Crippen LogP contribution in [0.25, 0.3) is 11.5 Å². The van der Waals surface area contributed by atoms with Crippen LogP contribution in [0.5, 0.6) is 0 Å². The number of aliphatic imine (C=N–C) groups is 1. The highest BCUT2D eigenvalue weighted by Gasteiger charge is 2.10. The summed E-state index contributed by atoms with van der Waals surface area (Å²) >= 11 is 0. The van der Waals surface area contributed by atoms with Gasteiger partial charge in [0.15, 0.2) is 5.96 Å². The molecule has 6 nitrogen and oxygen atoms in total. The highest BCUT2D eigenvalue weighted by atomic mass is 19.1. The smallest absolute Gasteiger partial charge is 0.226 e. The third kappa shape index (κ3) is 5.89. The van der Waals surface area contributed by atoms with Crippen LogP contribution in [0.2, 0.25) is 0 Å².